The first-order valence-electron chi connectivity index (χ1n) is 7.36. The lowest BCUT2D eigenvalue weighted by Gasteiger charge is -2.33. The van der Waals surface area contributed by atoms with Crippen LogP contribution >= 0.6 is 0 Å². The molecule has 2 atom stereocenters. The summed E-state index contributed by atoms with van der Waals surface area (Å²) in [5.74, 6) is 1.82. The Labute approximate surface area is 107 Å². The molecular weight excluding hydrogens is 210 g/mol. The van der Waals surface area contributed by atoms with Gasteiger partial charge in [-0.3, -0.25) is 0 Å². The normalized spacial score (nSPS) is 35.8. The molecule has 0 heterocycles. The minimum atomic E-state index is 0.597. The first-order valence-corrected chi connectivity index (χ1v) is 7.36. The lowest BCUT2D eigenvalue weighted by molar-refractivity contribution is 0.165. The van der Waals surface area contributed by atoms with Crippen molar-refractivity contribution in [3.63, 3.8) is 0 Å². The molecule has 0 saturated heterocycles. The average molecular weight is 239 g/mol. The summed E-state index contributed by atoms with van der Waals surface area (Å²) in [5.41, 5.74) is 0.597. The lowest BCUT2D eigenvalue weighted by Crippen LogP contribution is -2.39. The Morgan fingerprint density at radius 1 is 1.12 bits per heavy atom. The van der Waals surface area contributed by atoms with Gasteiger partial charge in [0.2, 0.25) is 0 Å². The van der Waals surface area contributed by atoms with Gasteiger partial charge < -0.3 is 10.1 Å². The summed E-state index contributed by atoms with van der Waals surface area (Å²) >= 11 is 0. The summed E-state index contributed by atoms with van der Waals surface area (Å²) in [6.45, 7) is 6.96. The van der Waals surface area contributed by atoms with E-state index in [-0.39, 0.29) is 0 Å². The molecule has 2 aliphatic rings. The third-order valence-corrected chi connectivity index (χ3v) is 4.74. The van der Waals surface area contributed by atoms with Crippen LogP contribution in [0.25, 0.3) is 0 Å². The predicted molar refractivity (Wildman–Crippen MR) is 72.1 cm³/mol. The van der Waals surface area contributed by atoms with E-state index in [1.807, 2.05) is 7.11 Å². The Kier molecular flexibility index (Phi) is 4.48. The maximum Gasteiger partial charge on any atom is 0.0468 e. The van der Waals surface area contributed by atoms with E-state index in [4.69, 9.17) is 4.74 Å². The van der Waals surface area contributed by atoms with Crippen LogP contribution < -0.4 is 5.32 Å². The molecule has 2 unspecified atom stereocenters. The van der Waals surface area contributed by atoms with E-state index in [1.54, 1.807) is 0 Å². The van der Waals surface area contributed by atoms with Crippen molar-refractivity contribution in [2.45, 2.75) is 58.4 Å². The zero-order valence-corrected chi connectivity index (χ0v) is 11.8. The Bertz CT molecular complexity index is 227. The topological polar surface area (TPSA) is 21.3 Å². The van der Waals surface area contributed by atoms with Gasteiger partial charge in [0.25, 0.3) is 0 Å². The third-order valence-electron chi connectivity index (χ3n) is 4.74. The maximum absolute atomic E-state index is 5.22. The molecule has 100 valence electrons. The summed E-state index contributed by atoms with van der Waals surface area (Å²) in [5, 5.41) is 3.84. The van der Waals surface area contributed by atoms with Crippen molar-refractivity contribution in [1.29, 1.82) is 0 Å². The highest BCUT2D eigenvalue weighted by molar-refractivity contribution is 4.96. The molecule has 2 aliphatic carbocycles. The van der Waals surface area contributed by atoms with Crippen LogP contribution in [0.15, 0.2) is 0 Å². The van der Waals surface area contributed by atoms with Crippen LogP contribution in [0, 0.1) is 17.3 Å². The highest BCUT2D eigenvalue weighted by Crippen LogP contribution is 2.48. The van der Waals surface area contributed by atoms with Gasteiger partial charge in [-0.1, -0.05) is 13.8 Å². The molecule has 1 N–H and O–H groups in total. The molecule has 2 rings (SSSR count). The summed E-state index contributed by atoms with van der Waals surface area (Å²) in [6.07, 6.45) is 8.24. The molecule has 0 spiro atoms. The van der Waals surface area contributed by atoms with Crippen LogP contribution in [-0.4, -0.2) is 26.3 Å². The highest BCUT2D eigenvalue weighted by atomic mass is 16.5. The van der Waals surface area contributed by atoms with Crippen LogP contribution in [0.4, 0.5) is 0 Å². The molecule has 2 heteroatoms. The van der Waals surface area contributed by atoms with E-state index in [0.29, 0.717) is 5.41 Å². The molecule has 0 bridgehead atoms. The fourth-order valence-corrected chi connectivity index (χ4v) is 3.48. The summed E-state index contributed by atoms with van der Waals surface area (Å²) in [4.78, 5) is 0. The van der Waals surface area contributed by atoms with Crippen molar-refractivity contribution in [3.05, 3.63) is 0 Å². The lowest BCUT2D eigenvalue weighted by atomic mass is 9.80. The largest absolute Gasteiger partial charge is 0.385 e. The van der Waals surface area contributed by atoms with Gasteiger partial charge in [-0.2, -0.15) is 0 Å². The summed E-state index contributed by atoms with van der Waals surface area (Å²) < 4.78 is 5.22. The summed E-state index contributed by atoms with van der Waals surface area (Å²) in [7, 11) is 1.81. The van der Waals surface area contributed by atoms with Crippen molar-refractivity contribution in [1.82, 2.24) is 5.32 Å². The average Bonchev–Trinajstić information content (AvgIpc) is 3.03. The van der Waals surface area contributed by atoms with Crippen LogP contribution in [0.1, 0.15) is 52.4 Å². The standard InChI is InChI=1S/C15H29NO/c1-12-8-13(2)10-14(9-12)16-11-15(4-5-15)6-7-17-3/h12-14,16H,4-11H2,1-3H3. The Balaban J connectivity index is 1.70. The second-order valence-electron chi connectivity index (χ2n) is 6.74. The number of ether oxygens (including phenoxy) is 1. The summed E-state index contributed by atoms with van der Waals surface area (Å²) in [6, 6.07) is 0.772. The van der Waals surface area contributed by atoms with E-state index >= 15 is 0 Å². The van der Waals surface area contributed by atoms with Crippen LogP contribution in [0.2, 0.25) is 0 Å². The monoisotopic (exact) mass is 239 g/mol. The number of nitrogens with one attached hydrogen (secondary N) is 1. The first kappa shape index (κ1) is 13.4. The molecule has 0 aromatic carbocycles. The number of hydrogen-bond acceptors (Lipinski definition) is 2. The molecule has 0 amide bonds. The maximum atomic E-state index is 5.22. The zero-order valence-electron chi connectivity index (χ0n) is 11.8. The molecule has 17 heavy (non-hydrogen) atoms. The van der Waals surface area contributed by atoms with Crippen molar-refractivity contribution in [2.24, 2.45) is 17.3 Å². The SMILES string of the molecule is COCCC1(CNC2CC(C)CC(C)C2)CC1. The Hall–Kier alpha value is -0.0800. The number of rotatable bonds is 6. The van der Waals surface area contributed by atoms with Gasteiger partial charge in [0.15, 0.2) is 0 Å². The Morgan fingerprint density at radius 3 is 2.29 bits per heavy atom. The number of hydrogen-bond donors (Lipinski definition) is 1. The fraction of sp³-hybridized carbons (Fsp3) is 1.00. The second kappa shape index (κ2) is 5.71. The number of methoxy groups -OCH3 is 1. The molecular formula is C15H29NO. The van der Waals surface area contributed by atoms with E-state index in [9.17, 15) is 0 Å². The van der Waals surface area contributed by atoms with Crippen molar-refractivity contribution < 1.29 is 4.74 Å². The molecule has 2 nitrogen and oxygen atoms in total. The van der Waals surface area contributed by atoms with Crippen LogP contribution in [0.3, 0.4) is 0 Å². The minimum absolute atomic E-state index is 0.597. The minimum Gasteiger partial charge on any atom is -0.385 e. The van der Waals surface area contributed by atoms with Gasteiger partial charge in [0.1, 0.15) is 0 Å². The zero-order chi connectivity index (χ0) is 12.3. The fourth-order valence-electron chi connectivity index (χ4n) is 3.48. The van der Waals surface area contributed by atoms with Gasteiger partial charge in [-0.05, 0) is 55.8 Å². The third kappa shape index (κ3) is 3.96. The van der Waals surface area contributed by atoms with Crippen molar-refractivity contribution >= 4 is 0 Å². The van der Waals surface area contributed by atoms with Crippen LogP contribution in [0.5, 0.6) is 0 Å². The van der Waals surface area contributed by atoms with Crippen molar-refractivity contribution in [2.75, 3.05) is 20.3 Å². The predicted octanol–water partition coefficient (Wildman–Crippen LogP) is 3.22. The van der Waals surface area contributed by atoms with E-state index < -0.39 is 0 Å². The van der Waals surface area contributed by atoms with E-state index in [1.165, 1.54) is 45.1 Å². The molecule has 0 radical (unpaired) electrons. The van der Waals surface area contributed by atoms with Gasteiger partial charge in [0.05, 0.1) is 0 Å². The van der Waals surface area contributed by atoms with Gasteiger partial charge in [-0.25, -0.2) is 0 Å². The molecule has 0 aromatic heterocycles. The molecule has 2 saturated carbocycles. The van der Waals surface area contributed by atoms with E-state index in [2.05, 4.69) is 19.2 Å². The quantitative estimate of drug-likeness (QED) is 0.768. The molecule has 0 aliphatic heterocycles. The van der Waals surface area contributed by atoms with Gasteiger partial charge in [0, 0.05) is 26.3 Å². The molecule has 2 fully saturated rings. The highest BCUT2D eigenvalue weighted by Gasteiger charge is 2.42. The smallest absolute Gasteiger partial charge is 0.0468 e. The van der Waals surface area contributed by atoms with Gasteiger partial charge in [-0.15, -0.1) is 0 Å². The first-order chi connectivity index (χ1) is 8.13. The van der Waals surface area contributed by atoms with Crippen LogP contribution in [-0.2, 0) is 4.74 Å². The van der Waals surface area contributed by atoms with Crippen molar-refractivity contribution in [3.8, 4) is 0 Å². The van der Waals surface area contributed by atoms with E-state index in [0.717, 1.165) is 24.5 Å². The molecule has 0 aromatic rings. The Morgan fingerprint density at radius 2 is 1.76 bits per heavy atom. The van der Waals surface area contributed by atoms with Gasteiger partial charge >= 0.3 is 0 Å². The second-order valence-corrected chi connectivity index (χ2v) is 6.74.